The molecule has 5 heteroatoms. The number of rotatable bonds is 3. The van der Waals surface area contributed by atoms with Crippen LogP contribution >= 0.6 is 0 Å². The number of hydrogen-bond donors (Lipinski definition) is 1. The molecule has 1 heterocycles. The molecule has 0 saturated heterocycles. The number of anilines is 1. The van der Waals surface area contributed by atoms with E-state index in [1.54, 1.807) is 38.1 Å². The normalized spacial score (nSPS) is 10.2. The minimum Gasteiger partial charge on any atom is -0.469 e. The molecule has 2 aromatic rings. The number of carbonyl (C=O) groups is 2. The van der Waals surface area contributed by atoms with Gasteiger partial charge in [0.25, 0.3) is 5.91 Å². The van der Waals surface area contributed by atoms with Gasteiger partial charge < -0.3 is 14.5 Å². The monoisotopic (exact) mass is 273 g/mol. The topological polar surface area (TPSA) is 68.5 Å². The molecule has 0 spiro atoms. The van der Waals surface area contributed by atoms with Gasteiger partial charge in [0.1, 0.15) is 5.76 Å². The first kappa shape index (κ1) is 13.9. The zero-order valence-corrected chi connectivity index (χ0v) is 11.5. The molecule has 0 radical (unpaired) electrons. The van der Waals surface area contributed by atoms with E-state index in [4.69, 9.17) is 4.42 Å². The molecule has 0 unspecified atom stereocenters. The highest BCUT2D eigenvalue weighted by Gasteiger charge is 2.18. The fraction of sp³-hybridized carbons (Fsp3) is 0.200. The summed E-state index contributed by atoms with van der Waals surface area (Å²) in [6.07, 6.45) is 1.52. The van der Waals surface area contributed by atoms with Crippen molar-refractivity contribution in [2.75, 3.05) is 12.4 Å². The van der Waals surface area contributed by atoms with Gasteiger partial charge in [-0.3, -0.25) is 4.79 Å². The first-order valence-corrected chi connectivity index (χ1v) is 6.08. The summed E-state index contributed by atoms with van der Waals surface area (Å²) in [7, 11) is 1.30. The molecule has 0 atom stereocenters. The lowest BCUT2D eigenvalue weighted by molar-refractivity contribution is 0.0602. The number of furan rings is 1. The van der Waals surface area contributed by atoms with Crippen LogP contribution in [0.2, 0.25) is 0 Å². The molecule has 0 aliphatic carbocycles. The van der Waals surface area contributed by atoms with Gasteiger partial charge in [0.15, 0.2) is 0 Å². The highest BCUT2D eigenvalue weighted by Crippen LogP contribution is 2.20. The fourth-order valence-electron chi connectivity index (χ4n) is 1.98. The number of esters is 1. The van der Waals surface area contributed by atoms with E-state index in [1.807, 2.05) is 0 Å². The zero-order chi connectivity index (χ0) is 14.7. The second kappa shape index (κ2) is 5.61. The lowest BCUT2D eigenvalue weighted by Crippen LogP contribution is -2.16. The number of aryl methyl sites for hydroxylation is 2. The average molecular weight is 273 g/mol. The fourth-order valence-corrected chi connectivity index (χ4v) is 1.98. The Hall–Kier alpha value is -2.56. The number of para-hydroxylation sites is 1. The molecule has 104 valence electrons. The van der Waals surface area contributed by atoms with Crippen molar-refractivity contribution in [3.8, 4) is 0 Å². The molecule has 1 aromatic heterocycles. The second-order valence-electron chi connectivity index (χ2n) is 4.34. The van der Waals surface area contributed by atoms with Crippen LogP contribution in [0.15, 0.2) is 34.9 Å². The van der Waals surface area contributed by atoms with Crippen LogP contribution in [0.25, 0.3) is 0 Å². The molecule has 1 amide bonds. The predicted octanol–water partition coefficient (Wildman–Crippen LogP) is 2.94. The summed E-state index contributed by atoms with van der Waals surface area (Å²) in [5, 5.41) is 2.71. The number of benzene rings is 1. The van der Waals surface area contributed by atoms with Crippen LogP contribution in [0, 0.1) is 13.8 Å². The molecule has 0 fully saturated rings. The van der Waals surface area contributed by atoms with E-state index in [9.17, 15) is 9.59 Å². The maximum Gasteiger partial charge on any atom is 0.339 e. The predicted molar refractivity (Wildman–Crippen MR) is 73.9 cm³/mol. The van der Waals surface area contributed by atoms with Crippen molar-refractivity contribution >= 4 is 17.6 Å². The van der Waals surface area contributed by atoms with Crippen LogP contribution in [0.3, 0.4) is 0 Å². The third-order valence-corrected chi connectivity index (χ3v) is 2.97. The number of ether oxygens (including phenoxy) is 1. The molecule has 1 aromatic carbocycles. The maximum absolute atomic E-state index is 12.3. The average Bonchev–Trinajstić information content (AvgIpc) is 2.78. The lowest BCUT2D eigenvalue weighted by Gasteiger charge is -2.09. The van der Waals surface area contributed by atoms with E-state index < -0.39 is 5.97 Å². The smallest absolute Gasteiger partial charge is 0.339 e. The highest BCUT2D eigenvalue weighted by atomic mass is 16.5. The van der Waals surface area contributed by atoms with Gasteiger partial charge in [-0.15, -0.1) is 0 Å². The Bertz CT molecular complexity index is 638. The number of carbonyl (C=O) groups excluding carboxylic acids is 2. The first-order chi connectivity index (χ1) is 9.54. The van der Waals surface area contributed by atoms with Crippen molar-refractivity contribution in [1.29, 1.82) is 0 Å². The summed E-state index contributed by atoms with van der Waals surface area (Å²) in [6.45, 7) is 3.51. The minimum absolute atomic E-state index is 0.308. The SMILES string of the molecule is COC(=O)c1ccccc1NC(=O)c1c(C)coc1C. The van der Waals surface area contributed by atoms with Crippen LogP contribution in [0.4, 0.5) is 5.69 Å². The van der Waals surface area contributed by atoms with Gasteiger partial charge in [0.05, 0.1) is 30.2 Å². The molecule has 5 nitrogen and oxygen atoms in total. The van der Waals surface area contributed by atoms with Crippen molar-refractivity contribution in [2.24, 2.45) is 0 Å². The Labute approximate surface area is 116 Å². The van der Waals surface area contributed by atoms with Gasteiger partial charge in [-0.1, -0.05) is 12.1 Å². The van der Waals surface area contributed by atoms with E-state index >= 15 is 0 Å². The Morgan fingerprint density at radius 2 is 1.90 bits per heavy atom. The Morgan fingerprint density at radius 3 is 2.50 bits per heavy atom. The third kappa shape index (κ3) is 2.56. The van der Waals surface area contributed by atoms with E-state index in [-0.39, 0.29) is 5.91 Å². The summed E-state index contributed by atoms with van der Waals surface area (Å²) < 4.78 is 9.89. The summed E-state index contributed by atoms with van der Waals surface area (Å²) in [4.78, 5) is 23.9. The van der Waals surface area contributed by atoms with Crippen molar-refractivity contribution < 1.29 is 18.7 Å². The zero-order valence-electron chi connectivity index (χ0n) is 11.5. The highest BCUT2D eigenvalue weighted by molar-refractivity contribution is 6.09. The summed E-state index contributed by atoms with van der Waals surface area (Å²) >= 11 is 0. The standard InChI is InChI=1S/C15H15NO4/c1-9-8-20-10(2)13(9)14(17)16-12-7-5-4-6-11(12)15(18)19-3/h4-8H,1-3H3,(H,16,17). The van der Waals surface area contributed by atoms with Gasteiger partial charge in [-0.25, -0.2) is 4.79 Å². The van der Waals surface area contributed by atoms with Gasteiger partial charge >= 0.3 is 5.97 Å². The number of methoxy groups -OCH3 is 1. The molecule has 0 aliphatic heterocycles. The number of nitrogens with one attached hydrogen (secondary N) is 1. The van der Waals surface area contributed by atoms with Crippen LogP contribution < -0.4 is 5.32 Å². The van der Waals surface area contributed by atoms with Crippen LogP contribution in [0.5, 0.6) is 0 Å². The van der Waals surface area contributed by atoms with Crippen LogP contribution in [-0.2, 0) is 4.74 Å². The second-order valence-corrected chi connectivity index (χ2v) is 4.34. The first-order valence-electron chi connectivity index (χ1n) is 6.08. The maximum atomic E-state index is 12.3. The number of amides is 1. The molecule has 20 heavy (non-hydrogen) atoms. The lowest BCUT2D eigenvalue weighted by atomic mass is 10.1. The quantitative estimate of drug-likeness (QED) is 0.873. The number of hydrogen-bond acceptors (Lipinski definition) is 4. The van der Waals surface area contributed by atoms with Crippen LogP contribution in [-0.4, -0.2) is 19.0 Å². The molecule has 2 rings (SSSR count). The van der Waals surface area contributed by atoms with Gasteiger partial charge in [0.2, 0.25) is 0 Å². The van der Waals surface area contributed by atoms with Crippen LogP contribution in [0.1, 0.15) is 32.0 Å². The molecule has 0 bridgehead atoms. The molecule has 1 N–H and O–H groups in total. The van der Waals surface area contributed by atoms with E-state index in [1.165, 1.54) is 13.4 Å². The summed E-state index contributed by atoms with van der Waals surface area (Å²) in [5.74, 6) is -0.276. The molecular weight excluding hydrogens is 258 g/mol. The van der Waals surface area contributed by atoms with Crippen molar-refractivity contribution in [3.05, 3.63) is 53.0 Å². The Kier molecular flexibility index (Phi) is 3.89. The van der Waals surface area contributed by atoms with Gasteiger partial charge in [-0.05, 0) is 26.0 Å². The third-order valence-electron chi connectivity index (χ3n) is 2.97. The van der Waals surface area contributed by atoms with E-state index in [0.29, 0.717) is 22.6 Å². The van der Waals surface area contributed by atoms with Gasteiger partial charge in [-0.2, -0.15) is 0 Å². The molecule has 0 saturated carbocycles. The van der Waals surface area contributed by atoms with Crippen molar-refractivity contribution in [3.63, 3.8) is 0 Å². The van der Waals surface area contributed by atoms with Crippen molar-refractivity contribution in [1.82, 2.24) is 0 Å². The summed E-state index contributed by atoms with van der Waals surface area (Å²) in [6, 6.07) is 6.68. The van der Waals surface area contributed by atoms with Crippen molar-refractivity contribution in [2.45, 2.75) is 13.8 Å². The largest absolute Gasteiger partial charge is 0.469 e. The summed E-state index contributed by atoms with van der Waals surface area (Å²) in [5.41, 5.74) is 1.94. The van der Waals surface area contributed by atoms with Gasteiger partial charge in [0, 0.05) is 5.56 Å². The Morgan fingerprint density at radius 1 is 1.20 bits per heavy atom. The minimum atomic E-state index is -0.499. The Balaban J connectivity index is 2.31. The molecular formula is C15H15NO4. The van der Waals surface area contributed by atoms with E-state index in [2.05, 4.69) is 10.1 Å². The van der Waals surface area contributed by atoms with E-state index in [0.717, 1.165) is 5.56 Å². The molecule has 0 aliphatic rings.